The molecule has 0 unspecified atom stereocenters. The predicted octanol–water partition coefficient (Wildman–Crippen LogP) is 2.92. The van der Waals surface area contributed by atoms with Crippen molar-refractivity contribution in [3.05, 3.63) is 55.8 Å². The van der Waals surface area contributed by atoms with Gasteiger partial charge in [-0.05, 0) is 24.4 Å². The maximum Gasteiger partial charge on any atom is 0.348 e. The fourth-order valence-corrected chi connectivity index (χ4v) is 2.53. The van der Waals surface area contributed by atoms with E-state index in [9.17, 15) is 19.7 Å². The molecular weight excluding hydrogens is 296 g/mol. The van der Waals surface area contributed by atoms with Crippen molar-refractivity contribution in [2.24, 2.45) is 0 Å². The van der Waals surface area contributed by atoms with E-state index in [1.807, 2.05) is 0 Å². The quantitative estimate of drug-likeness (QED) is 0.666. The Morgan fingerprint density at radius 2 is 2.05 bits per heavy atom. The van der Waals surface area contributed by atoms with Gasteiger partial charge in [0, 0.05) is 5.56 Å². The van der Waals surface area contributed by atoms with Crippen molar-refractivity contribution >= 4 is 34.6 Å². The fraction of sp³-hybridized carbons (Fsp3) is 0.0769. The molecule has 1 aromatic heterocycles. The molecule has 0 saturated heterocycles. The highest BCUT2D eigenvalue weighted by Crippen LogP contribution is 2.26. The number of carboxylic acids is 1. The number of nitrogens with one attached hydrogen (secondary N) is 1. The number of carbonyl (C=O) groups excluding carboxylic acids is 1. The molecule has 21 heavy (non-hydrogen) atoms. The molecule has 1 heterocycles. The van der Waals surface area contributed by atoms with Gasteiger partial charge in [0.1, 0.15) is 10.4 Å². The number of nitrogens with zero attached hydrogens (tertiary/aromatic N) is 1. The number of carboxylic acid groups (broad SMARTS) is 1. The summed E-state index contributed by atoms with van der Waals surface area (Å²) in [6, 6.07) is 5.83. The summed E-state index contributed by atoms with van der Waals surface area (Å²) in [4.78, 5) is 33.5. The van der Waals surface area contributed by atoms with Crippen LogP contribution in [0.25, 0.3) is 0 Å². The van der Waals surface area contributed by atoms with Gasteiger partial charge in [-0.1, -0.05) is 12.1 Å². The minimum Gasteiger partial charge on any atom is -0.477 e. The molecular formula is C13H10N2O5S. The van der Waals surface area contributed by atoms with E-state index in [1.165, 1.54) is 36.6 Å². The highest BCUT2D eigenvalue weighted by molar-refractivity contribution is 7.12. The molecule has 2 rings (SSSR count). The summed E-state index contributed by atoms with van der Waals surface area (Å²) in [5, 5.41) is 23.9. The summed E-state index contributed by atoms with van der Waals surface area (Å²) >= 11 is 0.960. The monoisotopic (exact) mass is 306 g/mol. The Morgan fingerprint density at radius 1 is 1.33 bits per heavy atom. The molecule has 0 radical (unpaired) electrons. The third kappa shape index (κ3) is 2.90. The van der Waals surface area contributed by atoms with Crippen LogP contribution in [-0.2, 0) is 0 Å². The van der Waals surface area contributed by atoms with Gasteiger partial charge >= 0.3 is 5.97 Å². The summed E-state index contributed by atoms with van der Waals surface area (Å²) in [7, 11) is 0. The Kier molecular flexibility index (Phi) is 3.99. The first-order valence-electron chi connectivity index (χ1n) is 5.78. The van der Waals surface area contributed by atoms with E-state index in [2.05, 4.69) is 5.32 Å². The number of aryl methyl sites for hydroxylation is 1. The maximum atomic E-state index is 12.2. The largest absolute Gasteiger partial charge is 0.477 e. The van der Waals surface area contributed by atoms with Gasteiger partial charge in [0.2, 0.25) is 0 Å². The van der Waals surface area contributed by atoms with Crippen LogP contribution in [0.1, 0.15) is 25.6 Å². The normalized spacial score (nSPS) is 10.1. The van der Waals surface area contributed by atoms with Crippen LogP contribution in [0.15, 0.2) is 29.6 Å². The lowest BCUT2D eigenvalue weighted by Gasteiger charge is -2.06. The number of hydrogen-bond acceptors (Lipinski definition) is 5. The van der Waals surface area contributed by atoms with Crippen molar-refractivity contribution in [3.8, 4) is 0 Å². The molecule has 8 heteroatoms. The number of nitro groups is 1. The molecule has 2 N–H and O–H groups in total. The molecule has 0 aliphatic carbocycles. The van der Waals surface area contributed by atoms with Gasteiger partial charge in [0.15, 0.2) is 0 Å². The van der Waals surface area contributed by atoms with Crippen LogP contribution in [0.5, 0.6) is 0 Å². The van der Waals surface area contributed by atoms with Crippen LogP contribution in [0.4, 0.5) is 11.4 Å². The van der Waals surface area contributed by atoms with Gasteiger partial charge in [0.25, 0.3) is 11.6 Å². The van der Waals surface area contributed by atoms with Crippen molar-refractivity contribution in [1.29, 1.82) is 0 Å². The van der Waals surface area contributed by atoms with E-state index in [4.69, 9.17) is 5.11 Å². The van der Waals surface area contributed by atoms with E-state index in [1.54, 1.807) is 0 Å². The molecule has 0 aliphatic rings. The average Bonchev–Trinajstić information content (AvgIpc) is 2.86. The Balaban J connectivity index is 2.38. The van der Waals surface area contributed by atoms with Gasteiger partial charge < -0.3 is 10.4 Å². The van der Waals surface area contributed by atoms with Gasteiger partial charge in [-0.25, -0.2) is 4.79 Å². The van der Waals surface area contributed by atoms with Gasteiger partial charge in [-0.2, -0.15) is 0 Å². The molecule has 0 bridgehead atoms. The molecule has 1 aromatic carbocycles. The lowest BCUT2D eigenvalue weighted by Crippen LogP contribution is -2.15. The van der Waals surface area contributed by atoms with Gasteiger partial charge in [-0.3, -0.25) is 14.9 Å². The molecule has 2 aromatic rings. The number of amides is 1. The molecule has 108 valence electrons. The highest BCUT2D eigenvalue weighted by atomic mass is 32.1. The zero-order valence-corrected chi connectivity index (χ0v) is 11.6. The first-order valence-corrected chi connectivity index (χ1v) is 6.66. The number of anilines is 1. The zero-order valence-electron chi connectivity index (χ0n) is 10.8. The van der Waals surface area contributed by atoms with Crippen molar-refractivity contribution in [2.45, 2.75) is 6.92 Å². The first-order chi connectivity index (χ1) is 9.91. The summed E-state index contributed by atoms with van der Waals surface area (Å²) in [6.07, 6.45) is 0. The standard InChI is InChI=1S/C13H10N2O5S/c1-7-3-2-4-8(10(7)15(19)20)12(16)14-9-5-6-21-11(9)13(17)18/h2-6H,1H3,(H,14,16)(H,17,18). The Morgan fingerprint density at radius 3 is 2.67 bits per heavy atom. The molecule has 1 amide bonds. The molecule has 7 nitrogen and oxygen atoms in total. The van der Waals surface area contributed by atoms with Crippen molar-refractivity contribution in [3.63, 3.8) is 0 Å². The number of hydrogen-bond donors (Lipinski definition) is 2. The number of thiophene rings is 1. The number of rotatable bonds is 4. The van der Waals surface area contributed by atoms with Crippen molar-refractivity contribution in [1.82, 2.24) is 0 Å². The Hall–Kier alpha value is -2.74. The average molecular weight is 306 g/mol. The second-order valence-electron chi connectivity index (χ2n) is 4.15. The minimum absolute atomic E-state index is 0.0290. The molecule has 0 spiro atoms. The van der Waals surface area contributed by atoms with Crippen LogP contribution in [0, 0.1) is 17.0 Å². The summed E-state index contributed by atoms with van der Waals surface area (Å²) in [5.74, 6) is -1.88. The number of para-hydroxylation sites is 1. The fourth-order valence-electron chi connectivity index (χ4n) is 1.85. The Bertz CT molecular complexity index is 738. The van der Waals surface area contributed by atoms with E-state index in [-0.39, 0.29) is 21.8 Å². The van der Waals surface area contributed by atoms with Crippen LogP contribution in [0.2, 0.25) is 0 Å². The number of carbonyl (C=O) groups is 2. The predicted molar refractivity (Wildman–Crippen MR) is 77.1 cm³/mol. The van der Waals surface area contributed by atoms with Crippen molar-refractivity contribution in [2.75, 3.05) is 5.32 Å². The maximum absolute atomic E-state index is 12.2. The van der Waals surface area contributed by atoms with Gasteiger partial charge in [-0.15, -0.1) is 11.3 Å². The zero-order chi connectivity index (χ0) is 15.6. The van der Waals surface area contributed by atoms with E-state index >= 15 is 0 Å². The molecule has 0 atom stereocenters. The molecule has 0 saturated carbocycles. The smallest absolute Gasteiger partial charge is 0.348 e. The number of aromatic carboxylic acids is 1. The third-order valence-electron chi connectivity index (χ3n) is 2.77. The van der Waals surface area contributed by atoms with Crippen LogP contribution >= 0.6 is 11.3 Å². The Labute approximate surface area is 123 Å². The second kappa shape index (κ2) is 5.71. The summed E-state index contributed by atoms with van der Waals surface area (Å²) in [5.41, 5.74) is 0.0781. The van der Waals surface area contributed by atoms with E-state index in [0.717, 1.165) is 11.3 Å². The van der Waals surface area contributed by atoms with Gasteiger partial charge in [0.05, 0.1) is 10.6 Å². The third-order valence-corrected chi connectivity index (χ3v) is 3.68. The number of benzene rings is 1. The second-order valence-corrected chi connectivity index (χ2v) is 5.07. The van der Waals surface area contributed by atoms with Crippen LogP contribution < -0.4 is 5.32 Å². The SMILES string of the molecule is Cc1cccc(C(=O)Nc2ccsc2C(=O)O)c1[N+](=O)[O-]. The van der Waals surface area contributed by atoms with E-state index in [0.29, 0.717) is 5.56 Å². The van der Waals surface area contributed by atoms with Crippen LogP contribution in [0.3, 0.4) is 0 Å². The molecule has 0 fully saturated rings. The lowest BCUT2D eigenvalue weighted by molar-refractivity contribution is -0.385. The van der Waals surface area contributed by atoms with E-state index < -0.39 is 16.8 Å². The first kappa shape index (κ1) is 14.7. The van der Waals surface area contributed by atoms with Crippen LogP contribution in [-0.4, -0.2) is 21.9 Å². The highest BCUT2D eigenvalue weighted by Gasteiger charge is 2.23. The number of nitro benzene ring substituents is 1. The van der Waals surface area contributed by atoms with Crippen molar-refractivity contribution < 1.29 is 19.6 Å². The summed E-state index contributed by atoms with van der Waals surface area (Å²) < 4.78 is 0. The summed E-state index contributed by atoms with van der Waals surface area (Å²) in [6.45, 7) is 1.53. The molecule has 0 aliphatic heterocycles. The topological polar surface area (TPSA) is 110 Å². The minimum atomic E-state index is -1.17. The lowest BCUT2D eigenvalue weighted by atomic mass is 10.1.